The van der Waals surface area contributed by atoms with E-state index in [1.54, 1.807) is 12.1 Å². The van der Waals surface area contributed by atoms with Crippen molar-refractivity contribution >= 4 is 5.91 Å². The summed E-state index contributed by atoms with van der Waals surface area (Å²) in [6, 6.07) is 13.6. The molecule has 0 spiro atoms. The number of carbonyl (C=O) groups excluding carboxylic acids is 1. The summed E-state index contributed by atoms with van der Waals surface area (Å²) in [6.07, 6.45) is 0. The smallest absolute Gasteiger partial charge is 0.230 e. The highest BCUT2D eigenvalue weighted by atomic mass is 19.1. The Bertz CT molecular complexity index is 695. The zero-order valence-electron chi connectivity index (χ0n) is 14.6. The van der Waals surface area contributed by atoms with Gasteiger partial charge < -0.3 is 10.1 Å². The van der Waals surface area contributed by atoms with E-state index < -0.39 is 5.41 Å². The second-order valence-corrected chi connectivity index (χ2v) is 6.33. The summed E-state index contributed by atoms with van der Waals surface area (Å²) >= 11 is 0. The molecule has 0 radical (unpaired) electrons. The maximum Gasteiger partial charge on any atom is 0.230 e. The van der Waals surface area contributed by atoms with Crippen LogP contribution in [0.2, 0.25) is 0 Å². The Labute approximate surface area is 142 Å². The maximum absolute atomic E-state index is 13.1. The fraction of sp³-hybridized carbons (Fsp3) is 0.350. The van der Waals surface area contributed by atoms with Crippen molar-refractivity contribution in [2.24, 2.45) is 0 Å². The first kappa shape index (κ1) is 18.0. The van der Waals surface area contributed by atoms with Crippen LogP contribution in [0.1, 0.15) is 44.9 Å². The SMILES string of the molecule is CCOc1cccc(C(C)NC(=O)C(C)(C)c2ccc(F)cc2)c1. The van der Waals surface area contributed by atoms with Crippen LogP contribution >= 0.6 is 0 Å². The highest BCUT2D eigenvalue weighted by molar-refractivity contribution is 5.87. The molecule has 1 N–H and O–H groups in total. The van der Waals surface area contributed by atoms with Crippen molar-refractivity contribution in [2.75, 3.05) is 6.61 Å². The van der Waals surface area contributed by atoms with Gasteiger partial charge in [0.25, 0.3) is 0 Å². The molecule has 0 heterocycles. The molecule has 0 aliphatic rings. The van der Waals surface area contributed by atoms with Crippen LogP contribution in [0.3, 0.4) is 0 Å². The van der Waals surface area contributed by atoms with Crippen LogP contribution in [0.4, 0.5) is 4.39 Å². The van der Waals surface area contributed by atoms with E-state index in [1.165, 1.54) is 12.1 Å². The number of rotatable bonds is 6. The Morgan fingerprint density at radius 2 is 1.88 bits per heavy atom. The molecule has 24 heavy (non-hydrogen) atoms. The summed E-state index contributed by atoms with van der Waals surface area (Å²) in [4.78, 5) is 12.7. The van der Waals surface area contributed by atoms with Gasteiger partial charge in [0.15, 0.2) is 0 Å². The molecule has 0 aliphatic carbocycles. The Morgan fingerprint density at radius 3 is 2.50 bits per heavy atom. The van der Waals surface area contributed by atoms with Crippen LogP contribution in [0.5, 0.6) is 5.75 Å². The highest BCUT2D eigenvalue weighted by Gasteiger charge is 2.30. The molecule has 0 saturated heterocycles. The third-order valence-electron chi connectivity index (χ3n) is 4.15. The van der Waals surface area contributed by atoms with Gasteiger partial charge in [-0.05, 0) is 63.1 Å². The summed E-state index contributed by atoms with van der Waals surface area (Å²) in [6.45, 7) is 8.13. The topological polar surface area (TPSA) is 38.3 Å². The fourth-order valence-electron chi connectivity index (χ4n) is 2.50. The molecule has 3 nitrogen and oxygen atoms in total. The number of halogens is 1. The number of ether oxygens (including phenoxy) is 1. The number of benzene rings is 2. The van der Waals surface area contributed by atoms with Gasteiger partial charge in [-0.1, -0.05) is 24.3 Å². The average molecular weight is 329 g/mol. The molecule has 1 unspecified atom stereocenters. The van der Waals surface area contributed by atoms with E-state index in [9.17, 15) is 9.18 Å². The van der Waals surface area contributed by atoms with Crippen LogP contribution < -0.4 is 10.1 Å². The lowest BCUT2D eigenvalue weighted by atomic mass is 9.83. The zero-order chi connectivity index (χ0) is 17.7. The van der Waals surface area contributed by atoms with Crippen molar-refractivity contribution in [3.05, 3.63) is 65.5 Å². The van der Waals surface area contributed by atoms with Crippen molar-refractivity contribution in [3.8, 4) is 5.75 Å². The monoisotopic (exact) mass is 329 g/mol. The largest absolute Gasteiger partial charge is 0.494 e. The second-order valence-electron chi connectivity index (χ2n) is 6.33. The number of amides is 1. The Hall–Kier alpha value is -2.36. The zero-order valence-corrected chi connectivity index (χ0v) is 14.6. The van der Waals surface area contributed by atoms with Crippen LogP contribution in [0.25, 0.3) is 0 Å². The van der Waals surface area contributed by atoms with Gasteiger partial charge >= 0.3 is 0 Å². The molecule has 1 amide bonds. The average Bonchev–Trinajstić information content (AvgIpc) is 2.55. The Kier molecular flexibility index (Phi) is 5.60. The van der Waals surface area contributed by atoms with Gasteiger partial charge in [-0.15, -0.1) is 0 Å². The molecule has 1 atom stereocenters. The molecule has 0 saturated carbocycles. The Morgan fingerprint density at radius 1 is 1.21 bits per heavy atom. The molecular formula is C20H24FNO2. The third-order valence-corrected chi connectivity index (χ3v) is 4.15. The lowest BCUT2D eigenvalue weighted by Gasteiger charge is -2.27. The number of carbonyl (C=O) groups is 1. The molecule has 0 bridgehead atoms. The van der Waals surface area contributed by atoms with Gasteiger partial charge in [-0.2, -0.15) is 0 Å². The molecule has 0 aromatic heterocycles. The van der Waals surface area contributed by atoms with Crippen LogP contribution in [-0.2, 0) is 10.2 Å². The third kappa shape index (κ3) is 4.13. The fourth-order valence-corrected chi connectivity index (χ4v) is 2.50. The van der Waals surface area contributed by atoms with Crippen molar-refractivity contribution in [1.29, 1.82) is 0 Å². The lowest BCUT2D eigenvalue weighted by molar-refractivity contribution is -0.126. The summed E-state index contributed by atoms with van der Waals surface area (Å²) in [7, 11) is 0. The number of nitrogens with one attached hydrogen (secondary N) is 1. The van der Waals surface area contributed by atoms with E-state index in [1.807, 2.05) is 52.0 Å². The molecule has 2 rings (SSSR count). The van der Waals surface area contributed by atoms with E-state index in [-0.39, 0.29) is 17.8 Å². The number of hydrogen-bond acceptors (Lipinski definition) is 2. The minimum Gasteiger partial charge on any atom is -0.494 e. The van der Waals surface area contributed by atoms with Crippen molar-refractivity contribution < 1.29 is 13.9 Å². The lowest BCUT2D eigenvalue weighted by Crippen LogP contribution is -2.41. The molecule has 2 aromatic rings. The summed E-state index contributed by atoms with van der Waals surface area (Å²) in [5.74, 6) is 0.369. The summed E-state index contributed by atoms with van der Waals surface area (Å²) < 4.78 is 18.6. The van der Waals surface area contributed by atoms with Gasteiger partial charge in [0.2, 0.25) is 5.91 Å². The first-order valence-electron chi connectivity index (χ1n) is 8.14. The molecule has 128 valence electrons. The van der Waals surface area contributed by atoms with E-state index in [4.69, 9.17) is 4.74 Å². The molecule has 0 aliphatic heterocycles. The second kappa shape index (κ2) is 7.47. The highest BCUT2D eigenvalue weighted by Crippen LogP contribution is 2.26. The molecule has 4 heteroatoms. The van der Waals surface area contributed by atoms with Crippen LogP contribution in [-0.4, -0.2) is 12.5 Å². The first-order chi connectivity index (χ1) is 11.3. The van der Waals surface area contributed by atoms with Gasteiger partial charge in [-0.3, -0.25) is 4.79 Å². The minimum atomic E-state index is -0.751. The van der Waals surface area contributed by atoms with Gasteiger partial charge in [0, 0.05) is 0 Å². The number of hydrogen-bond donors (Lipinski definition) is 1. The summed E-state index contributed by atoms with van der Waals surface area (Å²) in [5.41, 5.74) is 1.00. The van der Waals surface area contributed by atoms with E-state index in [0.717, 1.165) is 16.9 Å². The summed E-state index contributed by atoms with van der Waals surface area (Å²) in [5, 5.41) is 3.03. The maximum atomic E-state index is 13.1. The molecular weight excluding hydrogens is 305 g/mol. The predicted molar refractivity (Wildman–Crippen MR) is 93.6 cm³/mol. The van der Waals surface area contributed by atoms with E-state index in [2.05, 4.69) is 5.32 Å². The normalized spacial score (nSPS) is 12.5. The van der Waals surface area contributed by atoms with E-state index >= 15 is 0 Å². The van der Waals surface area contributed by atoms with Gasteiger partial charge in [0.1, 0.15) is 11.6 Å². The van der Waals surface area contributed by atoms with Crippen molar-refractivity contribution in [1.82, 2.24) is 5.32 Å². The van der Waals surface area contributed by atoms with Crippen LogP contribution in [0.15, 0.2) is 48.5 Å². The molecule has 0 fully saturated rings. The van der Waals surface area contributed by atoms with Gasteiger partial charge in [-0.25, -0.2) is 4.39 Å². The molecule has 2 aromatic carbocycles. The first-order valence-corrected chi connectivity index (χ1v) is 8.14. The van der Waals surface area contributed by atoms with Gasteiger partial charge in [0.05, 0.1) is 18.1 Å². The van der Waals surface area contributed by atoms with E-state index in [0.29, 0.717) is 6.61 Å². The Balaban J connectivity index is 2.12. The minimum absolute atomic E-state index is 0.108. The van der Waals surface area contributed by atoms with Crippen molar-refractivity contribution in [2.45, 2.75) is 39.2 Å². The standard InChI is InChI=1S/C20H24FNO2/c1-5-24-18-8-6-7-15(13-18)14(2)22-19(23)20(3,4)16-9-11-17(21)12-10-16/h6-14H,5H2,1-4H3,(H,22,23). The predicted octanol–water partition coefficient (Wildman–Crippen LogP) is 4.38. The van der Waals surface area contributed by atoms with Crippen molar-refractivity contribution in [3.63, 3.8) is 0 Å². The quantitative estimate of drug-likeness (QED) is 0.854. The van der Waals surface area contributed by atoms with Crippen LogP contribution in [0, 0.1) is 5.82 Å².